The van der Waals surface area contributed by atoms with E-state index < -0.39 is 0 Å². The van der Waals surface area contributed by atoms with E-state index in [9.17, 15) is 4.79 Å². The lowest BCUT2D eigenvalue weighted by atomic mass is 9.92. The van der Waals surface area contributed by atoms with Crippen LogP contribution in [0.2, 0.25) is 0 Å². The van der Waals surface area contributed by atoms with E-state index in [0.717, 1.165) is 12.0 Å². The molecular formula is C15H22O2. The molecule has 2 nitrogen and oxygen atoms in total. The van der Waals surface area contributed by atoms with Crippen molar-refractivity contribution in [1.82, 2.24) is 0 Å². The van der Waals surface area contributed by atoms with Crippen LogP contribution in [-0.4, -0.2) is 6.47 Å². The predicted octanol–water partition coefficient (Wildman–Crippen LogP) is 4.12. The molecule has 2 atom stereocenters. The van der Waals surface area contributed by atoms with Gasteiger partial charge in [-0.1, -0.05) is 63.4 Å². The Morgan fingerprint density at radius 2 is 1.94 bits per heavy atom. The van der Waals surface area contributed by atoms with Crippen molar-refractivity contribution >= 4 is 6.47 Å². The molecule has 0 spiro atoms. The number of carbonyl (C=O) groups excluding carboxylic acids is 1. The molecule has 0 heterocycles. The highest BCUT2D eigenvalue weighted by molar-refractivity contribution is 5.38. The molecule has 1 aromatic rings. The molecule has 0 N–H and O–H groups in total. The Morgan fingerprint density at radius 3 is 2.53 bits per heavy atom. The average Bonchev–Trinajstić information content (AvgIpc) is 2.37. The Bertz CT molecular complexity index is 308. The van der Waals surface area contributed by atoms with Crippen molar-refractivity contribution in [3.8, 4) is 0 Å². The van der Waals surface area contributed by atoms with Crippen LogP contribution in [0.5, 0.6) is 0 Å². The van der Waals surface area contributed by atoms with Crippen molar-refractivity contribution < 1.29 is 9.53 Å². The molecule has 0 bridgehead atoms. The summed E-state index contributed by atoms with van der Waals surface area (Å²) >= 11 is 0. The molecule has 94 valence electrons. The van der Waals surface area contributed by atoms with Gasteiger partial charge in [-0.3, -0.25) is 4.79 Å². The van der Waals surface area contributed by atoms with Crippen molar-refractivity contribution in [2.75, 3.05) is 0 Å². The summed E-state index contributed by atoms with van der Waals surface area (Å²) in [6.07, 6.45) is 4.65. The van der Waals surface area contributed by atoms with Crippen LogP contribution in [0.15, 0.2) is 30.3 Å². The standard InChI is InChI=1S/C15H22O2/c1-3-4-6-9-13(2)15(17-12-16)14-10-7-5-8-11-14/h5,7-8,10-13,15H,3-4,6,9H2,1-2H3. The molecule has 1 aromatic carbocycles. The van der Waals surface area contributed by atoms with Gasteiger partial charge in [0.25, 0.3) is 6.47 Å². The first kappa shape index (κ1) is 13.8. The van der Waals surface area contributed by atoms with Gasteiger partial charge in [0.15, 0.2) is 0 Å². The lowest BCUT2D eigenvalue weighted by Crippen LogP contribution is -2.13. The van der Waals surface area contributed by atoms with Gasteiger partial charge < -0.3 is 4.74 Å². The van der Waals surface area contributed by atoms with Crippen LogP contribution in [0.4, 0.5) is 0 Å². The zero-order chi connectivity index (χ0) is 12.5. The van der Waals surface area contributed by atoms with E-state index in [4.69, 9.17) is 4.74 Å². The predicted molar refractivity (Wildman–Crippen MR) is 69.6 cm³/mol. The van der Waals surface area contributed by atoms with Crippen molar-refractivity contribution in [2.45, 2.75) is 45.6 Å². The third-order valence-corrected chi connectivity index (χ3v) is 3.11. The monoisotopic (exact) mass is 234 g/mol. The van der Waals surface area contributed by atoms with Crippen molar-refractivity contribution in [3.05, 3.63) is 35.9 Å². The lowest BCUT2D eigenvalue weighted by molar-refractivity contribution is -0.136. The number of hydrogen-bond acceptors (Lipinski definition) is 2. The maximum absolute atomic E-state index is 10.6. The van der Waals surface area contributed by atoms with E-state index in [1.54, 1.807) is 0 Å². The van der Waals surface area contributed by atoms with Gasteiger partial charge in [-0.15, -0.1) is 0 Å². The van der Waals surface area contributed by atoms with E-state index in [2.05, 4.69) is 13.8 Å². The fraction of sp³-hybridized carbons (Fsp3) is 0.533. The van der Waals surface area contributed by atoms with Gasteiger partial charge in [0.05, 0.1) is 0 Å². The van der Waals surface area contributed by atoms with Gasteiger partial charge in [-0.05, 0) is 17.9 Å². The fourth-order valence-corrected chi connectivity index (χ4v) is 2.11. The summed E-state index contributed by atoms with van der Waals surface area (Å²) in [5, 5.41) is 0. The van der Waals surface area contributed by atoms with E-state index in [0.29, 0.717) is 12.4 Å². The molecule has 0 aliphatic carbocycles. The van der Waals surface area contributed by atoms with E-state index >= 15 is 0 Å². The van der Waals surface area contributed by atoms with Gasteiger partial charge >= 0.3 is 0 Å². The molecule has 0 fully saturated rings. The normalized spacial score (nSPS) is 14.0. The SMILES string of the molecule is CCCCCC(C)C(OC=O)c1ccccc1. The number of rotatable bonds is 8. The quantitative estimate of drug-likeness (QED) is 0.499. The van der Waals surface area contributed by atoms with Gasteiger partial charge in [-0.2, -0.15) is 0 Å². The average molecular weight is 234 g/mol. The first-order valence-corrected chi connectivity index (χ1v) is 6.43. The van der Waals surface area contributed by atoms with Gasteiger partial charge in [0.1, 0.15) is 6.10 Å². The highest BCUT2D eigenvalue weighted by Crippen LogP contribution is 2.29. The Morgan fingerprint density at radius 1 is 1.24 bits per heavy atom. The van der Waals surface area contributed by atoms with Crippen molar-refractivity contribution in [2.24, 2.45) is 5.92 Å². The second kappa shape index (κ2) is 7.88. The topological polar surface area (TPSA) is 26.3 Å². The molecule has 1 rings (SSSR count). The van der Waals surface area contributed by atoms with Crippen LogP contribution < -0.4 is 0 Å². The third-order valence-electron chi connectivity index (χ3n) is 3.11. The van der Waals surface area contributed by atoms with Crippen LogP contribution in [-0.2, 0) is 9.53 Å². The fourth-order valence-electron chi connectivity index (χ4n) is 2.11. The number of carbonyl (C=O) groups is 1. The summed E-state index contributed by atoms with van der Waals surface area (Å²) in [6.45, 7) is 4.91. The highest BCUT2D eigenvalue weighted by Gasteiger charge is 2.19. The molecule has 2 unspecified atom stereocenters. The maximum Gasteiger partial charge on any atom is 0.293 e. The van der Waals surface area contributed by atoms with E-state index in [1.807, 2.05) is 30.3 Å². The number of unbranched alkanes of at least 4 members (excludes halogenated alkanes) is 2. The zero-order valence-electron chi connectivity index (χ0n) is 10.8. The van der Waals surface area contributed by atoms with Crippen LogP contribution in [0, 0.1) is 5.92 Å². The largest absolute Gasteiger partial charge is 0.459 e. The van der Waals surface area contributed by atoms with Crippen LogP contribution >= 0.6 is 0 Å². The Hall–Kier alpha value is -1.31. The van der Waals surface area contributed by atoms with Crippen molar-refractivity contribution in [3.63, 3.8) is 0 Å². The summed E-state index contributed by atoms with van der Waals surface area (Å²) in [4.78, 5) is 10.6. The second-order valence-electron chi connectivity index (χ2n) is 4.54. The first-order chi connectivity index (χ1) is 8.29. The van der Waals surface area contributed by atoms with E-state index in [1.165, 1.54) is 19.3 Å². The minimum absolute atomic E-state index is 0.106. The molecule has 0 aromatic heterocycles. The minimum atomic E-state index is -0.106. The molecule has 0 saturated carbocycles. The maximum atomic E-state index is 10.6. The molecule has 0 aliphatic heterocycles. The lowest BCUT2D eigenvalue weighted by Gasteiger charge is -2.22. The summed E-state index contributed by atoms with van der Waals surface area (Å²) in [5.74, 6) is 0.370. The number of hydrogen-bond donors (Lipinski definition) is 0. The summed E-state index contributed by atoms with van der Waals surface area (Å²) in [6, 6.07) is 9.97. The minimum Gasteiger partial charge on any atom is -0.459 e. The molecule has 0 radical (unpaired) electrons. The Kier molecular flexibility index (Phi) is 6.38. The second-order valence-corrected chi connectivity index (χ2v) is 4.54. The van der Waals surface area contributed by atoms with Crippen LogP contribution in [0.1, 0.15) is 51.2 Å². The van der Waals surface area contributed by atoms with Crippen LogP contribution in [0.25, 0.3) is 0 Å². The van der Waals surface area contributed by atoms with Gasteiger partial charge in [-0.25, -0.2) is 0 Å². The smallest absolute Gasteiger partial charge is 0.293 e. The molecule has 17 heavy (non-hydrogen) atoms. The first-order valence-electron chi connectivity index (χ1n) is 6.43. The van der Waals surface area contributed by atoms with Crippen molar-refractivity contribution in [1.29, 1.82) is 0 Å². The number of ether oxygens (including phenoxy) is 1. The Balaban J connectivity index is 2.61. The summed E-state index contributed by atoms with van der Waals surface area (Å²) in [5.41, 5.74) is 1.09. The molecular weight excluding hydrogens is 212 g/mol. The van der Waals surface area contributed by atoms with Gasteiger partial charge in [0.2, 0.25) is 0 Å². The molecule has 0 aliphatic rings. The molecule has 2 heteroatoms. The highest BCUT2D eigenvalue weighted by atomic mass is 16.5. The molecule has 0 amide bonds. The van der Waals surface area contributed by atoms with Gasteiger partial charge in [0, 0.05) is 0 Å². The number of benzene rings is 1. The summed E-state index contributed by atoms with van der Waals surface area (Å²) in [7, 11) is 0. The third kappa shape index (κ3) is 4.59. The summed E-state index contributed by atoms with van der Waals surface area (Å²) < 4.78 is 5.24. The molecule has 0 saturated heterocycles. The van der Waals surface area contributed by atoms with Crippen LogP contribution in [0.3, 0.4) is 0 Å². The zero-order valence-corrected chi connectivity index (χ0v) is 10.8. The van der Waals surface area contributed by atoms with E-state index in [-0.39, 0.29) is 6.10 Å². The Labute approximate surface area is 104 Å².